The minimum atomic E-state index is -0.479. The van der Waals surface area contributed by atoms with Crippen LogP contribution in [0.1, 0.15) is 10.4 Å². The van der Waals surface area contributed by atoms with Gasteiger partial charge in [0.1, 0.15) is 0 Å². The lowest BCUT2D eigenvalue weighted by atomic mass is 10.1. The van der Waals surface area contributed by atoms with Crippen molar-refractivity contribution in [3.05, 3.63) is 47.4 Å². The number of nitrogens with zero attached hydrogens (tertiary/aromatic N) is 2. The summed E-state index contributed by atoms with van der Waals surface area (Å²) in [5.41, 5.74) is 2.00. The molecule has 2 aromatic rings. The summed E-state index contributed by atoms with van der Waals surface area (Å²) in [6.45, 7) is 0. The first-order valence-corrected chi connectivity index (χ1v) is 5.21. The van der Waals surface area contributed by atoms with Crippen LogP contribution in [-0.4, -0.2) is 15.2 Å². The standard InChI is InChI=1S/C11H6Cl2N2O/c12-10(16)8-3-1-7(2-4-8)9-5-6-14-11(13)15-9/h1-6H. The number of carbonyl (C=O) groups is 1. The van der Waals surface area contributed by atoms with Gasteiger partial charge in [0, 0.05) is 17.3 Å². The molecule has 0 N–H and O–H groups in total. The van der Waals surface area contributed by atoms with Crippen molar-refractivity contribution in [2.75, 3.05) is 0 Å². The lowest BCUT2D eigenvalue weighted by Crippen LogP contribution is -1.90. The minimum Gasteiger partial charge on any atom is -0.276 e. The number of halogens is 2. The summed E-state index contributed by atoms with van der Waals surface area (Å²) in [5, 5.41) is -0.290. The first kappa shape index (κ1) is 11.0. The highest BCUT2D eigenvalue weighted by Crippen LogP contribution is 2.18. The quantitative estimate of drug-likeness (QED) is 0.609. The predicted octanol–water partition coefficient (Wildman–Crippen LogP) is 3.18. The summed E-state index contributed by atoms with van der Waals surface area (Å²) in [6, 6.07) is 8.54. The fourth-order valence-corrected chi connectivity index (χ4v) is 1.54. The SMILES string of the molecule is O=C(Cl)c1ccc(-c2ccnc(Cl)n2)cc1. The van der Waals surface area contributed by atoms with Gasteiger partial charge >= 0.3 is 0 Å². The van der Waals surface area contributed by atoms with E-state index in [4.69, 9.17) is 23.2 Å². The fraction of sp³-hybridized carbons (Fsp3) is 0. The molecule has 0 fully saturated rings. The van der Waals surface area contributed by atoms with Gasteiger partial charge in [0.15, 0.2) is 0 Å². The van der Waals surface area contributed by atoms with Gasteiger partial charge in [-0.1, -0.05) is 12.1 Å². The summed E-state index contributed by atoms with van der Waals surface area (Å²) in [6.07, 6.45) is 1.57. The Bertz CT molecular complexity index is 526. The highest BCUT2D eigenvalue weighted by molar-refractivity contribution is 6.67. The Hall–Kier alpha value is -1.45. The van der Waals surface area contributed by atoms with Crippen molar-refractivity contribution in [2.45, 2.75) is 0 Å². The summed E-state index contributed by atoms with van der Waals surface area (Å²) in [5.74, 6) is 0. The molecule has 0 saturated carbocycles. The highest BCUT2D eigenvalue weighted by atomic mass is 35.5. The number of carbonyl (C=O) groups excluding carboxylic acids is 1. The Morgan fingerprint density at radius 3 is 2.38 bits per heavy atom. The second kappa shape index (κ2) is 4.60. The Morgan fingerprint density at radius 1 is 1.12 bits per heavy atom. The van der Waals surface area contributed by atoms with Gasteiger partial charge in [-0.05, 0) is 41.4 Å². The molecule has 2 rings (SSSR count). The molecule has 3 nitrogen and oxygen atoms in total. The van der Waals surface area contributed by atoms with Crippen LogP contribution in [0.5, 0.6) is 0 Å². The average molecular weight is 253 g/mol. The molecule has 1 aromatic heterocycles. The van der Waals surface area contributed by atoms with Gasteiger partial charge in [-0.15, -0.1) is 0 Å². The molecule has 1 heterocycles. The van der Waals surface area contributed by atoms with Gasteiger partial charge in [-0.2, -0.15) is 0 Å². The third-order valence-corrected chi connectivity index (χ3v) is 2.43. The van der Waals surface area contributed by atoms with Gasteiger partial charge in [0.2, 0.25) is 5.28 Å². The largest absolute Gasteiger partial charge is 0.276 e. The van der Waals surface area contributed by atoms with Crippen molar-refractivity contribution in [1.29, 1.82) is 0 Å². The molecule has 0 bridgehead atoms. The van der Waals surface area contributed by atoms with Crippen LogP contribution in [0.25, 0.3) is 11.3 Å². The van der Waals surface area contributed by atoms with E-state index in [1.54, 1.807) is 36.5 Å². The second-order valence-electron chi connectivity index (χ2n) is 3.06. The normalized spacial score (nSPS) is 10.1. The Labute approximate surface area is 102 Å². The molecule has 5 heteroatoms. The number of hydrogen-bond acceptors (Lipinski definition) is 3. The van der Waals surface area contributed by atoms with Gasteiger partial charge in [0.25, 0.3) is 5.24 Å². The van der Waals surface area contributed by atoms with Crippen molar-refractivity contribution in [3.63, 3.8) is 0 Å². The maximum atomic E-state index is 10.9. The molecule has 0 atom stereocenters. The number of rotatable bonds is 2. The molecule has 1 aromatic carbocycles. The zero-order valence-corrected chi connectivity index (χ0v) is 9.53. The van der Waals surface area contributed by atoms with E-state index >= 15 is 0 Å². The molecule has 0 aliphatic rings. The van der Waals surface area contributed by atoms with Crippen molar-refractivity contribution in [3.8, 4) is 11.3 Å². The summed E-state index contributed by atoms with van der Waals surface area (Å²) in [7, 11) is 0. The summed E-state index contributed by atoms with van der Waals surface area (Å²) in [4.78, 5) is 18.7. The number of aromatic nitrogens is 2. The Kier molecular flexibility index (Phi) is 3.17. The van der Waals surface area contributed by atoms with E-state index in [0.29, 0.717) is 11.3 Å². The maximum Gasteiger partial charge on any atom is 0.252 e. The molecule has 0 amide bonds. The predicted molar refractivity (Wildman–Crippen MR) is 62.7 cm³/mol. The van der Waals surface area contributed by atoms with Crippen LogP contribution < -0.4 is 0 Å². The number of hydrogen-bond donors (Lipinski definition) is 0. The number of benzene rings is 1. The van der Waals surface area contributed by atoms with Crippen LogP contribution in [0.3, 0.4) is 0 Å². The molecule has 16 heavy (non-hydrogen) atoms. The van der Waals surface area contributed by atoms with E-state index in [9.17, 15) is 4.79 Å². The third kappa shape index (κ3) is 2.38. The van der Waals surface area contributed by atoms with E-state index in [1.807, 2.05) is 0 Å². The monoisotopic (exact) mass is 252 g/mol. The third-order valence-electron chi connectivity index (χ3n) is 2.03. The van der Waals surface area contributed by atoms with E-state index in [2.05, 4.69) is 9.97 Å². The fourth-order valence-electron chi connectivity index (χ4n) is 1.27. The van der Waals surface area contributed by atoms with Crippen LogP contribution in [0.15, 0.2) is 36.5 Å². The Morgan fingerprint density at radius 2 is 1.81 bits per heavy atom. The Balaban J connectivity index is 2.38. The summed E-state index contributed by atoms with van der Waals surface area (Å²) >= 11 is 11.0. The van der Waals surface area contributed by atoms with E-state index in [1.165, 1.54) is 0 Å². The van der Waals surface area contributed by atoms with Crippen molar-refractivity contribution < 1.29 is 4.79 Å². The highest BCUT2D eigenvalue weighted by Gasteiger charge is 2.03. The zero-order valence-electron chi connectivity index (χ0n) is 8.02. The van der Waals surface area contributed by atoms with Crippen molar-refractivity contribution in [2.24, 2.45) is 0 Å². The van der Waals surface area contributed by atoms with Crippen LogP contribution in [-0.2, 0) is 0 Å². The smallest absolute Gasteiger partial charge is 0.252 e. The van der Waals surface area contributed by atoms with Gasteiger partial charge in [-0.3, -0.25) is 4.79 Å². The van der Waals surface area contributed by atoms with Gasteiger partial charge in [0.05, 0.1) is 5.69 Å². The lowest BCUT2D eigenvalue weighted by Gasteiger charge is -2.01. The van der Waals surface area contributed by atoms with Crippen LogP contribution in [0.4, 0.5) is 0 Å². The molecule has 0 unspecified atom stereocenters. The van der Waals surface area contributed by atoms with E-state index in [0.717, 1.165) is 5.56 Å². The molecule has 0 aliphatic carbocycles. The topological polar surface area (TPSA) is 42.9 Å². The lowest BCUT2D eigenvalue weighted by molar-refractivity contribution is 0.108. The van der Waals surface area contributed by atoms with Gasteiger partial charge < -0.3 is 0 Å². The molecule has 0 spiro atoms. The van der Waals surface area contributed by atoms with E-state index < -0.39 is 5.24 Å². The minimum absolute atomic E-state index is 0.190. The maximum absolute atomic E-state index is 10.9. The molecule has 0 saturated heterocycles. The first-order chi connectivity index (χ1) is 7.66. The van der Waals surface area contributed by atoms with Crippen LogP contribution in [0.2, 0.25) is 5.28 Å². The molecule has 0 radical (unpaired) electrons. The molecule has 0 aliphatic heterocycles. The molecular weight excluding hydrogens is 247 g/mol. The second-order valence-corrected chi connectivity index (χ2v) is 3.74. The van der Waals surface area contributed by atoms with E-state index in [-0.39, 0.29) is 5.28 Å². The van der Waals surface area contributed by atoms with Crippen molar-refractivity contribution >= 4 is 28.4 Å². The van der Waals surface area contributed by atoms with Gasteiger partial charge in [-0.25, -0.2) is 9.97 Å². The van der Waals surface area contributed by atoms with Crippen LogP contribution >= 0.6 is 23.2 Å². The summed E-state index contributed by atoms with van der Waals surface area (Å²) < 4.78 is 0. The molecule has 80 valence electrons. The first-order valence-electron chi connectivity index (χ1n) is 4.45. The molecular formula is C11H6Cl2N2O. The van der Waals surface area contributed by atoms with Crippen LogP contribution in [0, 0.1) is 0 Å². The average Bonchev–Trinajstić information content (AvgIpc) is 2.29. The van der Waals surface area contributed by atoms with Crippen molar-refractivity contribution in [1.82, 2.24) is 9.97 Å². The zero-order chi connectivity index (χ0) is 11.5.